The van der Waals surface area contributed by atoms with Crippen molar-refractivity contribution in [3.63, 3.8) is 0 Å². The monoisotopic (exact) mass is 498 g/mol. The fourth-order valence-electron chi connectivity index (χ4n) is 3.14. The van der Waals surface area contributed by atoms with Crippen LogP contribution in [0.15, 0.2) is 82.3 Å². The van der Waals surface area contributed by atoms with Crippen LogP contribution in [-0.2, 0) is 19.6 Å². The van der Waals surface area contributed by atoms with Crippen molar-refractivity contribution in [3.05, 3.63) is 99.5 Å². The van der Waals surface area contributed by atoms with Crippen LogP contribution in [0.2, 0.25) is 0 Å². The van der Waals surface area contributed by atoms with Gasteiger partial charge in [-0.1, -0.05) is 30.3 Å². The van der Waals surface area contributed by atoms with Crippen molar-refractivity contribution in [1.29, 1.82) is 0 Å². The number of hydrogen-bond acceptors (Lipinski definition) is 9. The molecular formula is C23H15FN2O8S. The van der Waals surface area contributed by atoms with Gasteiger partial charge in [0.05, 0.1) is 17.6 Å². The second-order valence-electron chi connectivity index (χ2n) is 6.99. The van der Waals surface area contributed by atoms with Crippen LogP contribution >= 0.6 is 0 Å². The number of benzene rings is 3. The minimum absolute atomic E-state index is 0.0193. The average molecular weight is 498 g/mol. The van der Waals surface area contributed by atoms with Gasteiger partial charge in [0.1, 0.15) is 5.82 Å². The summed E-state index contributed by atoms with van der Waals surface area (Å²) in [5.41, 5.74) is -0.379. The molecule has 0 amide bonds. The summed E-state index contributed by atoms with van der Waals surface area (Å²) in [7, 11) is -3.32. The molecule has 0 atom stereocenters. The third-order valence-corrected chi connectivity index (χ3v) is 6.03. The Labute approximate surface area is 198 Å². The quantitative estimate of drug-likeness (QED) is 0.158. The highest BCUT2D eigenvalue weighted by Gasteiger charge is 2.29. The Bertz CT molecular complexity index is 1520. The molecule has 1 aliphatic rings. The van der Waals surface area contributed by atoms with Gasteiger partial charge in [-0.15, -0.1) is 0 Å². The molecular weight excluding hydrogens is 483 g/mol. The van der Waals surface area contributed by atoms with Gasteiger partial charge in [0.25, 0.3) is 5.69 Å². The maximum Gasteiger partial charge on any atom is 0.363 e. The molecule has 0 radical (unpaired) electrons. The normalized spacial score (nSPS) is 14.4. The number of carbonyl (C=O) groups excluding carboxylic acids is 1. The molecule has 0 fully saturated rings. The minimum atomic E-state index is -4.58. The number of nitro benzene ring substituents is 1. The number of hydrogen-bond donors (Lipinski definition) is 0. The summed E-state index contributed by atoms with van der Waals surface area (Å²) < 4.78 is 54.7. The van der Waals surface area contributed by atoms with Crippen LogP contribution in [0, 0.1) is 15.9 Å². The smallest absolute Gasteiger partial charge is 0.363 e. The van der Waals surface area contributed by atoms with Crippen LogP contribution in [0.4, 0.5) is 10.1 Å². The number of rotatable bonds is 7. The number of ether oxygens (including phenoxy) is 2. The van der Waals surface area contributed by atoms with E-state index < -0.39 is 37.4 Å². The van der Waals surface area contributed by atoms with E-state index in [1.54, 1.807) is 6.07 Å². The zero-order valence-electron chi connectivity index (χ0n) is 17.9. The lowest BCUT2D eigenvalue weighted by Gasteiger charge is -2.11. The molecule has 0 bridgehead atoms. The number of para-hydroxylation sites is 1. The highest BCUT2D eigenvalue weighted by molar-refractivity contribution is 7.87. The molecule has 0 unspecified atom stereocenters. The van der Waals surface area contributed by atoms with Gasteiger partial charge >= 0.3 is 16.1 Å². The molecule has 12 heteroatoms. The molecule has 10 nitrogen and oxygen atoms in total. The van der Waals surface area contributed by atoms with E-state index in [4.69, 9.17) is 13.7 Å². The van der Waals surface area contributed by atoms with E-state index in [2.05, 4.69) is 4.99 Å². The van der Waals surface area contributed by atoms with E-state index in [0.29, 0.717) is 5.56 Å². The fraction of sp³-hybridized carbons (Fsp3) is 0.0435. The third-order valence-electron chi connectivity index (χ3n) is 4.75. The van der Waals surface area contributed by atoms with Gasteiger partial charge in [-0.2, -0.15) is 8.42 Å². The number of aliphatic imine (C=N–C) groups is 1. The fourth-order valence-corrected chi connectivity index (χ4v) is 4.25. The Balaban J connectivity index is 1.64. The van der Waals surface area contributed by atoms with Crippen LogP contribution in [0.25, 0.3) is 6.08 Å². The highest BCUT2D eigenvalue weighted by Crippen LogP contribution is 2.34. The summed E-state index contributed by atoms with van der Waals surface area (Å²) >= 11 is 0. The van der Waals surface area contributed by atoms with Gasteiger partial charge in [-0.3, -0.25) is 10.1 Å². The number of nitrogens with zero attached hydrogens (tertiary/aromatic N) is 2. The standard InChI is InChI=1S/C23H15FN2O8S/c1-32-20-13-14(12-17-23(27)33-22(25-17)15-6-2-3-7-16(15)24)10-11-19(20)34-35(30,31)21-9-5-4-8-18(21)26(28)29/h2-13H,1H3. The Morgan fingerprint density at radius 3 is 2.49 bits per heavy atom. The first-order chi connectivity index (χ1) is 16.7. The van der Waals surface area contributed by atoms with E-state index >= 15 is 0 Å². The van der Waals surface area contributed by atoms with Gasteiger partial charge < -0.3 is 13.7 Å². The Morgan fingerprint density at radius 1 is 1.06 bits per heavy atom. The van der Waals surface area contributed by atoms with Gasteiger partial charge in [-0.05, 0) is 42.0 Å². The second kappa shape index (κ2) is 9.35. The maximum absolute atomic E-state index is 14.0. The Morgan fingerprint density at radius 2 is 1.77 bits per heavy atom. The molecule has 0 aromatic heterocycles. The van der Waals surface area contributed by atoms with E-state index in [-0.39, 0.29) is 28.7 Å². The first-order valence-electron chi connectivity index (χ1n) is 9.83. The van der Waals surface area contributed by atoms with Crippen molar-refractivity contribution in [2.24, 2.45) is 4.99 Å². The zero-order chi connectivity index (χ0) is 25.2. The molecule has 35 heavy (non-hydrogen) atoms. The molecule has 178 valence electrons. The lowest BCUT2D eigenvalue weighted by atomic mass is 10.1. The number of nitro groups is 1. The first kappa shape index (κ1) is 23.6. The summed E-state index contributed by atoms with van der Waals surface area (Å²) in [6.45, 7) is 0. The predicted molar refractivity (Wildman–Crippen MR) is 121 cm³/mol. The van der Waals surface area contributed by atoms with Crippen LogP contribution in [0.5, 0.6) is 11.5 Å². The van der Waals surface area contributed by atoms with Crippen LogP contribution in [-0.4, -0.2) is 32.3 Å². The second-order valence-corrected chi connectivity index (χ2v) is 8.50. The van der Waals surface area contributed by atoms with E-state index in [0.717, 1.165) is 12.1 Å². The van der Waals surface area contributed by atoms with Crippen molar-refractivity contribution < 1.29 is 36.2 Å². The minimum Gasteiger partial charge on any atom is -0.493 e. The van der Waals surface area contributed by atoms with Crippen molar-refractivity contribution in [2.75, 3.05) is 7.11 Å². The van der Waals surface area contributed by atoms with Crippen molar-refractivity contribution >= 4 is 33.7 Å². The molecule has 1 aliphatic heterocycles. The van der Waals surface area contributed by atoms with Crippen molar-refractivity contribution in [2.45, 2.75) is 4.90 Å². The van der Waals surface area contributed by atoms with Gasteiger partial charge in [0.15, 0.2) is 22.1 Å². The highest BCUT2D eigenvalue weighted by atomic mass is 32.2. The topological polar surface area (TPSA) is 134 Å². The molecule has 0 spiro atoms. The molecule has 1 heterocycles. The lowest BCUT2D eigenvalue weighted by Crippen LogP contribution is -2.12. The number of halogens is 1. The molecule has 0 saturated heterocycles. The maximum atomic E-state index is 14.0. The number of cyclic esters (lactones) is 1. The molecule has 0 N–H and O–H groups in total. The number of esters is 1. The molecule has 0 saturated carbocycles. The molecule has 0 aliphatic carbocycles. The summed E-state index contributed by atoms with van der Waals surface area (Å²) in [5, 5.41) is 11.2. The summed E-state index contributed by atoms with van der Waals surface area (Å²) in [6.07, 6.45) is 1.33. The molecule has 4 rings (SSSR count). The van der Waals surface area contributed by atoms with Crippen molar-refractivity contribution in [3.8, 4) is 11.5 Å². The van der Waals surface area contributed by atoms with Crippen LogP contribution in [0.3, 0.4) is 0 Å². The van der Waals surface area contributed by atoms with Gasteiger partial charge in [-0.25, -0.2) is 14.2 Å². The summed E-state index contributed by atoms with van der Waals surface area (Å²) in [6, 6.07) is 14.4. The van der Waals surface area contributed by atoms with Crippen molar-refractivity contribution in [1.82, 2.24) is 0 Å². The summed E-state index contributed by atoms with van der Waals surface area (Å²) in [5.74, 6) is -1.88. The zero-order valence-corrected chi connectivity index (χ0v) is 18.7. The molecule has 3 aromatic rings. The third kappa shape index (κ3) is 4.87. The largest absolute Gasteiger partial charge is 0.493 e. The van der Waals surface area contributed by atoms with Gasteiger partial charge in [0.2, 0.25) is 5.90 Å². The van der Waals surface area contributed by atoms with E-state index in [1.807, 2.05) is 0 Å². The summed E-state index contributed by atoms with van der Waals surface area (Å²) in [4.78, 5) is 26.0. The van der Waals surface area contributed by atoms with Crippen LogP contribution in [0.1, 0.15) is 11.1 Å². The Kier molecular flexibility index (Phi) is 6.30. The Hall–Kier alpha value is -4.58. The number of methoxy groups -OCH3 is 1. The van der Waals surface area contributed by atoms with E-state index in [9.17, 15) is 27.7 Å². The first-order valence-corrected chi connectivity index (χ1v) is 11.2. The van der Waals surface area contributed by atoms with E-state index in [1.165, 1.54) is 61.7 Å². The average Bonchev–Trinajstić information content (AvgIpc) is 3.19. The van der Waals surface area contributed by atoms with Crippen LogP contribution < -0.4 is 8.92 Å². The SMILES string of the molecule is COc1cc(C=C2N=C(c3ccccc3F)OC2=O)ccc1OS(=O)(=O)c1ccccc1[N+](=O)[O-]. The molecule has 3 aromatic carbocycles. The number of carbonyl (C=O) groups is 1. The predicted octanol–water partition coefficient (Wildman–Crippen LogP) is 3.85. The lowest BCUT2D eigenvalue weighted by molar-refractivity contribution is -0.387. The van der Waals surface area contributed by atoms with Gasteiger partial charge in [0, 0.05) is 6.07 Å².